The van der Waals surface area contributed by atoms with Gasteiger partial charge in [-0.15, -0.1) is 0 Å². The maximum absolute atomic E-state index is 12.9. The molecule has 0 amide bonds. The maximum atomic E-state index is 12.9. The van der Waals surface area contributed by atoms with Crippen molar-refractivity contribution in [3.8, 4) is 0 Å². The molecule has 416 valence electrons. The normalized spacial score (nSPS) is 12.2. The van der Waals surface area contributed by atoms with Crippen LogP contribution in [0.1, 0.15) is 342 Å². The lowest BCUT2D eigenvalue weighted by Crippen LogP contribution is -2.30. The first kappa shape index (κ1) is 68.6. The molecule has 0 aromatic carbocycles. The Morgan fingerprint density at radius 3 is 0.803 bits per heavy atom. The molecule has 0 saturated carbocycles. The summed E-state index contributed by atoms with van der Waals surface area (Å²) in [5.74, 6) is -0.861. The summed E-state index contributed by atoms with van der Waals surface area (Å²) in [5, 5.41) is 0. The number of ether oxygens (including phenoxy) is 3. The zero-order valence-electron chi connectivity index (χ0n) is 47.8. The van der Waals surface area contributed by atoms with Gasteiger partial charge in [-0.3, -0.25) is 14.4 Å². The van der Waals surface area contributed by atoms with E-state index in [1.807, 2.05) is 0 Å². The van der Waals surface area contributed by atoms with Crippen molar-refractivity contribution in [2.75, 3.05) is 13.2 Å². The van der Waals surface area contributed by atoms with Crippen LogP contribution < -0.4 is 0 Å². The minimum absolute atomic E-state index is 0.0730. The van der Waals surface area contributed by atoms with Crippen molar-refractivity contribution in [2.24, 2.45) is 0 Å². The van der Waals surface area contributed by atoms with E-state index in [1.54, 1.807) is 0 Å². The highest BCUT2D eigenvalue weighted by atomic mass is 16.6. The Balaban J connectivity index is 4.35. The summed E-state index contributed by atoms with van der Waals surface area (Å²) in [6, 6.07) is 0. The third-order valence-electron chi connectivity index (χ3n) is 14.1. The average Bonchev–Trinajstić information content (AvgIpc) is 3.37. The molecular weight excluding hydrogens is 877 g/mol. The summed E-state index contributed by atoms with van der Waals surface area (Å²) >= 11 is 0. The van der Waals surface area contributed by atoms with E-state index in [1.165, 1.54) is 231 Å². The zero-order chi connectivity index (χ0) is 51.4. The molecule has 0 heterocycles. The maximum Gasteiger partial charge on any atom is 0.306 e. The number of hydrogen-bond acceptors (Lipinski definition) is 6. The number of unbranched alkanes of at least 4 members (excludes halogenated alkanes) is 41. The molecule has 1 unspecified atom stereocenters. The van der Waals surface area contributed by atoms with Crippen molar-refractivity contribution in [1.82, 2.24) is 0 Å². The quantitative estimate of drug-likeness (QED) is 0.0261. The Bertz CT molecular complexity index is 1190. The molecule has 0 aliphatic rings. The van der Waals surface area contributed by atoms with E-state index >= 15 is 0 Å². The fourth-order valence-corrected chi connectivity index (χ4v) is 9.35. The molecule has 0 saturated heterocycles. The van der Waals surface area contributed by atoms with Crippen LogP contribution in [0.5, 0.6) is 0 Å². The van der Waals surface area contributed by atoms with Gasteiger partial charge in [0.2, 0.25) is 0 Å². The van der Waals surface area contributed by atoms with E-state index in [9.17, 15) is 14.4 Å². The molecule has 0 aliphatic carbocycles. The van der Waals surface area contributed by atoms with Gasteiger partial charge in [-0.25, -0.2) is 0 Å². The number of rotatable bonds is 58. The Morgan fingerprint density at radius 2 is 0.507 bits per heavy atom. The molecule has 1 atom stereocenters. The summed E-state index contributed by atoms with van der Waals surface area (Å²) < 4.78 is 16.9. The predicted molar refractivity (Wildman–Crippen MR) is 307 cm³/mol. The molecule has 0 spiro atoms. The van der Waals surface area contributed by atoms with Gasteiger partial charge in [-0.05, 0) is 77.0 Å². The van der Waals surface area contributed by atoms with E-state index in [2.05, 4.69) is 57.2 Å². The second kappa shape index (κ2) is 60.2. The van der Waals surface area contributed by atoms with E-state index in [-0.39, 0.29) is 31.1 Å². The van der Waals surface area contributed by atoms with Gasteiger partial charge in [0, 0.05) is 19.3 Å². The van der Waals surface area contributed by atoms with Crippen LogP contribution in [0.2, 0.25) is 0 Å². The lowest BCUT2D eigenvalue weighted by Gasteiger charge is -2.18. The number of carbonyl (C=O) groups excluding carboxylic acids is 3. The van der Waals surface area contributed by atoms with Crippen LogP contribution in [0.15, 0.2) is 36.5 Å². The molecule has 71 heavy (non-hydrogen) atoms. The SMILES string of the molecule is CCCCCC/C=C\C/C=C\CCCCCCCCCC(=O)OCC(COC(=O)CCCCCCCCC/C=C\CCCCCCCC)OC(=O)CCCCCCCCCCCCCCCCCCCC. The van der Waals surface area contributed by atoms with Gasteiger partial charge < -0.3 is 14.2 Å². The lowest BCUT2D eigenvalue weighted by atomic mass is 10.0. The summed E-state index contributed by atoms with van der Waals surface area (Å²) in [7, 11) is 0. The van der Waals surface area contributed by atoms with Crippen LogP contribution in [0.25, 0.3) is 0 Å². The minimum atomic E-state index is -0.775. The third-order valence-corrected chi connectivity index (χ3v) is 14.1. The van der Waals surface area contributed by atoms with Crippen LogP contribution in [0, 0.1) is 0 Å². The van der Waals surface area contributed by atoms with Crippen LogP contribution in [-0.4, -0.2) is 37.2 Å². The smallest absolute Gasteiger partial charge is 0.306 e. The molecule has 0 bridgehead atoms. The molecular formula is C65H120O6. The monoisotopic (exact) mass is 997 g/mol. The van der Waals surface area contributed by atoms with E-state index < -0.39 is 6.10 Å². The highest BCUT2D eigenvalue weighted by Gasteiger charge is 2.19. The van der Waals surface area contributed by atoms with Gasteiger partial charge >= 0.3 is 17.9 Å². The number of esters is 3. The topological polar surface area (TPSA) is 78.9 Å². The van der Waals surface area contributed by atoms with Gasteiger partial charge in [-0.2, -0.15) is 0 Å². The second-order valence-electron chi connectivity index (χ2n) is 21.3. The molecule has 0 aromatic heterocycles. The highest BCUT2D eigenvalue weighted by molar-refractivity contribution is 5.71. The van der Waals surface area contributed by atoms with Crippen molar-refractivity contribution in [1.29, 1.82) is 0 Å². The molecule has 0 N–H and O–H groups in total. The molecule has 6 nitrogen and oxygen atoms in total. The Labute approximate surface area is 442 Å². The van der Waals surface area contributed by atoms with Crippen LogP contribution in [-0.2, 0) is 28.6 Å². The molecule has 0 aliphatic heterocycles. The van der Waals surface area contributed by atoms with Crippen molar-refractivity contribution in [3.05, 3.63) is 36.5 Å². The van der Waals surface area contributed by atoms with E-state index in [0.717, 1.165) is 70.6 Å². The first-order chi connectivity index (χ1) is 35.0. The highest BCUT2D eigenvalue weighted by Crippen LogP contribution is 2.17. The molecule has 6 heteroatoms. The van der Waals surface area contributed by atoms with Gasteiger partial charge in [0.15, 0.2) is 6.10 Å². The second-order valence-corrected chi connectivity index (χ2v) is 21.3. The minimum Gasteiger partial charge on any atom is -0.462 e. The Kier molecular flexibility index (Phi) is 58.2. The number of carbonyl (C=O) groups is 3. The van der Waals surface area contributed by atoms with Gasteiger partial charge in [0.25, 0.3) is 0 Å². The summed E-state index contributed by atoms with van der Waals surface area (Å²) in [6.07, 6.45) is 72.8. The summed E-state index contributed by atoms with van der Waals surface area (Å²) in [5.41, 5.74) is 0. The Morgan fingerprint density at radius 1 is 0.282 bits per heavy atom. The van der Waals surface area contributed by atoms with Gasteiger partial charge in [0.1, 0.15) is 13.2 Å². The lowest BCUT2D eigenvalue weighted by molar-refractivity contribution is -0.167. The first-order valence-electron chi connectivity index (χ1n) is 31.5. The Hall–Kier alpha value is -2.37. The molecule has 0 fully saturated rings. The fraction of sp³-hybridized carbons (Fsp3) is 0.862. The van der Waals surface area contributed by atoms with Crippen LogP contribution in [0.3, 0.4) is 0 Å². The van der Waals surface area contributed by atoms with E-state index in [4.69, 9.17) is 14.2 Å². The van der Waals surface area contributed by atoms with E-state index in [0.29, 0.717) is 19.3 Å². The van der Waals surface area contributed by atoms with Crippen LogP contribution >= 0.6 is 0 Å². The average molecular weight is 998 g/mol. The molecule has 0 rings (SSSR count). The number of allylic oxidation sites excluding steroid dienone is 6. The number of hydrogen-bond donors (Lipinski definition) is 0. The van der Waals surface area contributed by atoms with Gasteiger partial charge in [-0.1, -0.05) is 282 Å². The zero-order valence-corrected chi connectivity index (χ0v) is 47.8. The van der Waals surface area contributed by atoms with Crippen molar-refractivity contribution < 1.29 is 28.6 Å². The van der Waals surface area contributed by atoms with Crippen molar-refractivity contribution in [2.45, 2.75) is 348 Å². The third kappa shape index (κ3) is 58.4. The fourth-order valence-electron chi connectivity index (χ4n) is 9.35. The molecule has 0 aromatic rings. The van der Waals surface area contributed by atoms with Gasteiger partial charge in [0.05, 0.1) is 0 Å². The standard InChI is InChI=1S/C65H120O6/c1-4-7-10-13-16-19-22-25-28-31-34-37-40-43-46-49-52-55-58-64(67)70-61-62(60-69-63(66)57-54-51-48-45-42-39-36-33-30-27-24-21-18-15-12-9-6-3)71-65(68)59-56-53-50-47-44-41-38-35-32-29-26-23-20-17-14-11-8-5-2/h19,22,27-28,30-31,62H,4-18,20-21,23-26,29,32-61H2,1-3H3/b22-19-,30-27-,31-28-. The van der Waals surface area contributed by atoms with Crippen molar-refractivity contribution >= 4 is 17.9 Å². The van der Waals surface area contributed by atoms with Crippen LogP contribution in [0.4, 0.5) is 0 Å². The molecule has 0 radical (unpaired) electrons. The first-order valence-corrected chi connectivity index (χ1v) is 31.5. The predicted octanol–water partition coefficient (Wildman–Crippen LogP) is 21.2. The van der Waals surface area contributed by atoms with Crippen molar-refractivity contribution in [3.63, 3.8) is 0 Å². The largest absolute Gasteiger partial charge is 0.462 e. The summed E-state index contributed by atoms with van der Waals surface area (Å²) in [6.45, 7) is 6.67. The summed E-state index contributed by atoms with van der Waals surface area (Å²) in [4.78, 5) is 38.3.